The molecule has 116 valence electrons. The third kappa shape index (κ3) is 5.16. The molecule has 1 heterocycles. The van der Waals surface area contributed by atoms with Crippen LogP contribution < -0.4 is 10.0 Å². The standard InChI is InChI=1S/C14H26N2O2S2/c1-6-15-10-9-12-7-8-13(19-12)20(17,18)16-11(2)14(3,4)5/h7-8,11,15-16H,6,9-10H2,1-5H3. The Hall–Kier alpha value is -0.430. The van der Waals surface area contributed by atoms with E-state index in [1.807, 2.05) is 33.8 Å². The van der Waals surface area contributed by atoms with Crippen LogP contribution in [0.2, 0.25) is 0 Å². The highest BCUT2D eigenvalue weighted by atomic mass is 32.2. The molecule has 1 aromatic rings. The van der Waals surface area contributed by atoms with Crippen molar-refractivity contribution in [1.82, 2.24) is 10.0 Å². The van der Waals surface area contributed by atoms with Crippen LogP contribution in [0.5, 0.6) is 0 Å². The second-order valence-corrected chi connectivity index (χ2v) is 9.14. The molecule has 0 aliphatic heterocycles. The molecule has 1 atom stereocenters. The first kappa shape index (κ1) is 17.6. The molecule has 6 heteroatoms. The van der Waals surface area contributed by atoms with E-state index in [2.05, 4.69) is 17.0 Å². The zero-order chi connectivity index (χ0) is 15.4. The molecule has 1 rings (SSSR count). The minimum Gasteiger partial charge on any atom is -0.317 e. The lowest BCUT2D eigenvalue weighted by Gasteiger charge is -2.27. The SMILES string of the molecule is CCNCCc1ccc(S(=O)(=O)NC(C)C(C)(C)C)s1. The predicted molar refractivity (Wildman–Crippen MR) is 85.8 cm³/mol. The van der Waals surface area contributed by atoms with Crippen LogP contribution in [-0.2, 0) is 16.4 Å². The molecule has 0 aliphatic carbocycles. The Kier molecular flexibility index (Phi) is 6.19. The molecule has 0 bridgehead atoms. The molecule has 0 radical (unpaired) electrons. The topological polar surface area (TPSA) is 58.2 Å². The predicted octanol–water partition coefficient (Wildman–Crippen LogP) is 2.61. The summed E-state index contributed by atoms with van der Waals surface area (Å²) in [6.07, 6.45) is 0.864. The quantitative estimate of drug-likeness (QED) is 0.760. The minimum atomic E-state index is -3.40. The average molecular weight is 319 g/mol. The summed E-state index contributed by atoms with van der Waals surface area (Å²) in [6.45, 7) is 11.8. The van der Waals surface area contributed by atoms with Gasteiger partial charge in [-0.1, -0.05) is 27.7 Å². The van der Waals surface area contributed by atoms with Crippen molar-refractivity contribution in [3.05, 3.63) is 17.0 Å². The number of nitrogens with one attached hydrogen (secondary N) is 2. The van der Waals surface area contributed by atoms with Gasteiger partial charge in [-0.3, -0.25) is 0 Å². The van der Waals surface area contributed by atoms with Gasteiger partial charge in [-0.15, -0.1) is 11.3 Å². The van der Waals surface area contributed by atoms with Gasteiger partial charge in [-0.25, -0.2) is 13.1 Å². The lowest BCUT2D eigenvalue weighted by Crippen LogP contribution is -2.41. The molecule has 0 aliphatic rings. The van der Waals surface area contributed by atoms with E-state index in [0.29, 0.717) is 4.21 Å². The van der Waals surface area contributed by atoms with Crippen LogP contribution in [0.15, 0.2) is 16.3 Å². The van der Waals surface area contributed by atoms with Gasteiger partial charge in [0.25, 0.3) is 0 Å². The first-order valence-corrected chi connectivity index (χ1v) is 9.28. The fourth-order valence-electron chi connectivity index (χ4n) is 1.49. The Labute approximate surface area is 127 Å². The van der Waals surface area contributed by atoms with E-state index in [4.69, 9.17) is 0 Å². The second kappa shape index (κ2) is 7.02. The van der Waals surface area contributed by atoms with E-state index in [1.165, 1.54) is 11.3 Å². The molecule has 1 aromatic heterocycles. The fraction of sp³-hybridized carbons (Fsp3) is 0.714. The Morgan fingerprint density at radius 3 is 2.50 bits per heavy atom. The van der Waals surface area contributed by atoms with E-state index in [0.717, 1.165) is 24.4 Å². The van der Waals surface area contributed by atoms with Gasteiger partial charge < -0.3 is 5.32 Å². The normalized spacial score (nSPS) is 14.4. The summed E-state index contributed by atoms with van der Waals surface area (Å²) < 4.78 is 27.8. The molecular weight excluding hydrogens is 292 g/mol. The van der Waals surface area contributed by atoms with Gasteiger partial charge in [0, 0.05) is 10.9 Å². The summed E-state index contributed by atoms with van der Waals surface area (Å²) in [5.74, 6) is 0. The molecule has 0 saturated heterocycles. The van der Waals surface area contributed by atoms with Gasteiger partial charge in [-0.05, 0) is 44.0 Å². The van der Waals surface area contributed by atoms with E-state index >= 15 is 0 Å². The minimum absolute atomic E-state index is 0.0990. The highest BCUT2D eigenvalue weighted by Crippen LogP contribution is 2.25. The maximum Gasteiger partial charge on any atom is 0.250 e. The number of thiophene rings is 1. The van der Waals surface area contributed by atoms with Crippen molar-refractivity contribution in [3.8, 4) is 0 Å². The van der Waals surface area contributed by atoms with Crippen LogP contribution in [-0.4, -0.2) is 27.5 Å². The van der Waals surface area contributed by atoms with Gasteiger partial charge in [0.1, 0.15) is 4.21 Å². The molecule has 0 saturated carbocycles. The van der Waals surface area contributed by atoms with Gasteiger partial charge in [0.05, 0.1) is 0 Å². The van der Waals surface area contributed by atoms with Crippen LogP contribution in [0.1, 0.15) is 39.5 Å². The Balaban J connectivity index is 2.73. The van der Waals surface area contributed by atoms with Crippen LogP contribution in [0.4, 0.5) is 0 Å². The van der Waals surface area contributed by atoms with Crippen molar-refractivity contribution in [2.75, 3.05) is 13.1 Å². The van der Waals surface area contributed by atoms with E-state index in [-0.39, 0.29) is 11.5 Å². The molecule has 0 fully saturated rings. The first-order valence-electron chi connectivity index (χ1n) is 6.98. The lowest BCUT2D eigenvalue weighted by molar-refractivity contribution is 0.318. The number of hydrogen-bond donors (Lipinski definition) is 2. The van der Waals surface area contributed by atoms with Gasteiger partial charge in [-0.2, -0.15) is 0 Å². The second-order valence-electron chi connectivity index (χ2n) is 6.03. The van der Waals surface area contributed by atoms with Crippen molar-refractivity contribution >= 4 is 21.4 Å². The first-order chi connectivity index (χ1) is 9.16. The summed E-state index contributed by atoms with van der Waals surface area (Å²) in [7, 11) is -3.40. The fourth-order valence-corrected chi connectivity index (χ4v) is 4.31. The molecular formula is C14H26N2O2S2. The zero-order valence-electron chi connectivity index (χ0n) is 13.0. The van der Waals surface area contributed by atoms with Crippen molar-refractivity contribution in [3.63, 3.8) is 0 Å². The largest absolute Gasteiger partial charge is 0.317 e. The summed E-state index contributed by atoms with van der Waals surface area (Å²) in [6, 6.07) is 3.49. The lowest BCUT2D eigenvalue weighted by atomic mass is 9.89. The van der Waals surface area contributed by atoms with Crippen molar-refractivity contribution < 1.29 is 8.42 Å². The summed E-state index contributed by atoms with van der Waals surface area (Å²) in [5.41, 5.74) is -0.0990. The Morgan fingerprint density at radius 1 is 1.30 bits per heavy atom. The summed E-state index contributed by atoms with van der Waals surface area (Å²) in [4.78, 5) is 1.09. The van der Waals surface area contributed by atoms with Crippen LogP contribution in [0, 0.1) is 5.41 Å². The third-order valence-corrected chi connectivity index (χ3v) is 6.51. The van der Waals surface area contributed by atoms with Gasteiger partial charge in [0.2, 0.25) is 10.0 Å². The van der Waals surface area contributed by atoms with Crippen molar-refractivity contribution in [2.45, 2.75) is 51.3 Å². The van der Waals surface area contributed by atoms with E-state index in [9.17, 15) is 8.42 Å². The maximum absolute atomic E-state index is 12.3. The highest BCUT2D eigenvalue weighted by Gasteiger charge is 2.26. The van der Waals surface area contributed by atoms with Gasteiger partial charge in [0.15, 0.2) is 0 Å². The Morgan fingerprint density at radius 2 is 1.95 bits per heavy atom. The molecule has 1 unspecified atom stereocenters. The molecule has 20 heavy (non-hydrogen) atoms. The number of likely N-dealkylation sites (N-methyl/N-ethyl adjacent to an activating group) is 1. The third-order valence-electron chi connectivity index (χ3n) is 3.33. The number of rotatable bonds is 7. The van der Waals surface area contributed by atoms with Crippen molar-refractivity contribution in [1.29, 1.82) is 0 Å². The van der Waals surface area contributed by atoms with E-state index < -0.39 is 10.0 Å². The van der Waals surface area contributed by atoms with E-state index in [1.54, 1.807) is 6.07 Å². The van der Waals surface area contributed by atoms with Crippen LogP contribution >= 0.6 is 11.3 Å². The van der Waals surface area contributed by atoms with Gasteiger partial charge >= 0.3 is 0 Å². The van der Waals surface area contributed by atoms with Crippen molar-refractivity contribution in [2.24, 2.45) is 5.41 Å². The molecule has 0 spiro atoms. The van der Waals surface area contributed by atoms with Crippen LogP contribution in [0.25, 0.3) is 0 Å². The highest BCUT2D eigenvalue weighted by molar-refractivity contribution is 7.91. The average Bonchev–Trinajstić information content (AvgIpc) is 2.77. The smallest absolute Gasteiger partial charge is 0.250 e. The molecule has 4 nitrogen and oxygen atoms in total. The van der Waals surface area contributed by atoms with Crippen LogP contribution in [0.3, 0.4) is 0 Å². The summed E-state index contributed by atoms with van der Waals surface area (Å²) in [5, 5.41) is 3.24. The zero-order valence-corrected chi connectivity index (χ0v) is 14.6. The molecule has 0 aromatic carbocycles. The molecule has 0 amide bonds. The molecule has 2 N–H and O–H groups in total. The maximum atomic E-state index is 12.3. The number of hydrogen-bond acceptors (Lipinski definition) is 4. The summed E-state index contributed by atoms with van der Waals surface area (Å²) >= 11 is 1.35. The number of sulfonamides is 1. The Bertz CT molecular complexity index is 516. The monoisotopic (exact) mass is 318 g/mol.